The van der Waals surface area contributed by atoms with Gasteiger partial charge < -0.3 is 0 Å². The Hall–Kier alpha value is -2.43. The SMILES string of the molecule is Cc1ccc(/C=C/C(=O)Nn2cnnc2)cc1. The van der Waals surface area contributed by atoms with Crippen molar-refractivity contribution in [3.63, 3.8) is 0 Å². The summed E-state index contributed by atoms with van der Waals surface area (Å²) >= 11 is 0. The van der Waals surface area contributed by atoms with Crippen LogP contribution in [0, 0.1) is 6.92 Å². The molecule has 0 aliphatic rings. The zero-order chi connectivity index (χ0) is 12.1. The number of rotatable bonds is 3. The smallest absolute Gasteiger partial charge is 0.262 e. The first kappa shape index (κ1) is 11.1. The molecule has 1 N–H and O–H groups in total. The summed E-state index contributed by atoms with van der Waals surface area (Å²) in [6.45, 7) is 2.02. The van der Waals surface area contributed by atoms with Gasteiger partial charge in [0.1, 0.15) is 12.7 Å². The summed E-state index contributed by atoms with van der Waals surface area (Å²) in [7, 11) is 0. The molecule has 0 bridgehead atoms. The Morgan fingerprint density at radius 2 is 1.88 bits per heavy atom. The van der Waals surface area contributed by atoms with Gasteiger partial charge >= 0.3 is 0 Å². The van der Waals surface area contributed by atoms with Gasteiger partial charge in [0.2, 0.25) is 0 Å². The van der Waals surface area contributed by atoms with Crippen LogP contribution in [0.3, 0.4) is 0 Å². The normalized spacial score (nSPS) is 10.6. The standard InChI is InChI=1S/C12H12N4O/c1-10-2-4-11(5-3-10)6-7-12(17)15-16-8-13-14-9-16/h2-9H,1H3,(H,15,17)/b7-6+. The number of nitrogens with one attached hydrogen (secondary N) is 1. The lowest BCUT2D eigenvalue weighted by molar-refractivity contribution is -0.112. The van der Waals surface area contributed by atoms with Crippen molar-refractivity contribution in [3.05, 3.63) is 54.1 Å². The summed E-state index contributed by atoms with van der Waals surface area (Å²) in [5.41, 5.74) is 4.74. The summed E-state index contributed by atoms with van der Waals surface area (Å²) in [5, 5.41) is 7.15. The molecule has 17 heavy (non-hydrogen) atoms. The Morgan fingerprint density at radius 3 is 2.53 bits per heavy atom. The summed E-state index contributed by atoms with van der Waals surface area (Å²) in [6, 6.07) is 7.91. The average Bonchev–Trinajstić information content (AvgIpc) is 2.81. The molecule has 5 heteroatoms. The largest absolute Gasteiger partial charge is 0.268 e. The van der Waals surface area contributed by atoms with E-state index in [1.807, 2.05) is 31.2 Å². The topological polar surface area (TPSA) is 59.8 Å². The van der Waals surface area contributed by atoms with Crippen LogP contribution in [-0.4, -0.2) is 20.8 Å². The van der Waals surface area contributed by atoms with Crippen molar-refractivity contribution in [1.82, 2.24) is 14.9 Å². The minimum absolute atomic E-state index is 0.231. The van der Waals surface area contributed by atoms with Crippen LogP contribution in [0.1, 0.15) is 11.1 Å². The third-order valence-electron chi connectivity index (χ3n) is 2.16. The zero-order valence-corrected chi connectivity index (χ0v) is 9.37. The lowest BCUT2D eigenvalue weighted by Gasteiger charge is -1.99. The quantitative estimate of drug-likeness (QED) is 0.807. The van der Waals surface area contributed by atoms with Crippen LogP contribution in [-0.2, 0) is 4.79 Å². The highest BCUT2D eigenvalue weighted by Gasteiger charge is 1.95. The van der Waals surface area contributed by atoms with E-state index in [1.54, 1.807) is 6.08 Å². The van der Waals surface area contributed by atoms with Gasteiger partial charge in [-0.25, -0.2) is 4.68 Å². The molecule has 2 rings (SSSR count). The van der Waals surface area contributed by atoms with Gasteiger partial charge in [-0.3, -0.25) is 10.2 Å². The third-order valence-corrected chi connectivity index (χ3v) is 2.16. The first-order valence-corrected chi connectivity index (χ1v) is 5.14. The van der Waals surface area contributed by atoms with Crippen molar-refractivity contribution in [2.24, 2.45) is 0 Å². The van der Waals surface area contributed by atoms with Gasteiger partial charge in [0.15, 0.2) is 0 Å². The molecule has 0 fully saturated rings. The Bertz CT molecular complexity index is 514. The summed E-state index contributed by atoms with van der Waals surface area (Å²) in [4.78, 5) is 11.5. The second-order valence-electron chi connectivity index (χ2n) is 3.59. The highest BCUT2D eigenvalue weighted by atomic mass is 16.2. The van der Waals surface area contributed by atoms with Crippen molar-refractivity contribution >= 4 is 12.0 Å². The van der Waals surface area contributed by atoms with Crippen LogP contribution < -0.4 is 5.43 Å². The highest BCUT2D eigenvalue weighted by molar-refractivity contribution is 5.97. The van der Waals surface area contributed by atoms with Crippen LogP contribution in [0.4, 0.5) is 0 Å². The number of hydrogen-bond acceptors (Lipinski definition) is 3. The minimum Gasteiger partial charge on any atom is -0.268 e. The molecule has 2 aromatic rings. The number of nitrogens with zero attached hydrogens (tertiary/aromatic N) is 3. The van der Waals surface area contributed by atoms with E-state index in [9.17, 15) is 4.79 Å². The first-order chi connectivity index (χ1) is 8.24. The number of carbonyl (C=O) groups excluding carboxylic acids is 1. The molecule has 0 saturated carbocycles. The maximum Gasteiger partial charge on any atom is 0.262 e. The van der Waals surface area contributed by atoms with E-state index in [0.717, 1.165) is 5.56 Å². The molecule has 0 aliphatic carbocycles. The van der Waals surface area contributed by atoms with Gasteiger partial charge in [-0.05, 0) is 18.6 Å². The first-order valence-electron chi connectivity index (χ1n) is 5.14. The second-order valence-corrected chi connectivity index (χ2v) is 3.59. The molecule has 0 unspecified atom stereocenters. The molecule has 1 aromatic heterocycles. The van der Waals surface area contributed by atoms with Crippen LogP contribution >= 0.6 is 0 Å². The number of aryl methyl sites for hydroxylation is 1. The average molecular weight is 228 g/mol. The van der Waals surface area contributed by atoms with E-state index in [-0.39, 0.29) is 5.91 Å². The van der Waals surface area contributed by atoms with Gasteiger partial charge in [0.05, 0.1) is 0 Å². The highest BCUT2D eigenvalue weighted by Crippen LogP contribution is 2.04. The molecule has 0 radical (unpaired) electrons. The van der Waals surface area contributed by atoms with Crippen LogP contribution in [0.25, 0.3) is 6.08 Å². The maximum absolute atomic E-state index is 11.5. The van der Waals surface area contributed by atoms with E-state index in [0.29, 0.717) is 0 Å². The van der Waals surface area contributed by atoms with E-state index in [1.165, 1.54) is 29.0 Å². The Kier molecular flexibility index (Phi) is 3.30. The molecular weight excluding hydrogens is 216 g/mol. The number of aromatic nitrogens is 3. The van der Waals surface area contributed by atoms with Crippen LogP contribution in [0.5, 0.6) is 0 Å². The van der Waals surface area contributed by atoms with Gasteiger partial charge in [-0.15, -0.1) is 10.2 Å². The molecule has 0 saturated heterocycles. The lowest BCUT2D eigenvalue weighted by Crippen LogP contribution is -2.18. The molecule has 1 aromatic carbocycles. The molecule has 86 valence electrons. The minimum atomic E-state index is -0.231. The molecule has 0 atom stereocenters. The number of benzene rings is 1. The number of amides is 1. The van der Waals surface area contributed by atoms with Crippen molar-refractivity contribution in [3.8, 4) is 0 Å². The Balaban J connectivity index is 1.96. The fraction of sp³-hybridized carbons (Fsp3) is 0.0833. The van der Waals surface area contributed by atoms with E-state index in [2.05, 4.69) is 15.6 Å². The lowest BCUT2D eigenvalue weighted by atomic mass is 10.1. The fourth-order valence-corrected chi connectivity index (χ4v) is 1.27. The van der Waals surface area contributed by atoms with Gasteiger partial charge in [0, 0.05) is 6.08 Å². The van der Waals surface area contributed by atoms with Gasteiger partial charge in [-0.1, -0.05) is 29.8 Å². The molecule has 0 aliphatic heterocycles. The summed E-state index contributed by atoms with van der Waals surface area (Å²) in [6.07, 6.45) is 6.04. The molecule has 0 spiro atoms. The van der Waals surface area contributed by atoms with Crippen LogP contribution in [0.2, 0.25) is 0 Å². The van der Waals surface area contributed by atoms with Gasteiger partial charge in [0.25, 0.3) is 5.91 Å². The third kappa shape index (κ3) is 3.27. The van der Waals surface area contributed by atoms with E-state index >= 15 is 0 Å². The number of hydrogen-bond donors (Lipinski definition) is 1. The monoisotopic (exact) mass is 228 g/mol. The molecule has 5 nitrogen and oxygen atoms in total. The second kappa shape index (κ2) is 5.07. The van der Waals surface area contributed by atoms with Crippen molar-refractivity contribution in [1.29, 1.82) is 0 Å². The summed E-state index contributed by atoms with van der Waals surface area (Å²) in [5.74, 6) is -0.231. The predicted octanol–water partition coefficient (Wildman–Crippen LogP) is 1.37. The van der Waals surface area contributed by atoms with Crippen molar-refractivity contribution in [2.45, 2.75) is 6.92 Å². The Morgan fingerprint density at radius 1 is 1.24 bits per heavy atom. The molecule has 1 heterocycles. The van der Waals surface area contributed by atoms with Crippen LogP contribution in [0.15, 0.2) is 43.0 Å². The molecular formula is C12H12N4O. The molecule has 1 amide bonds. The van der Waals surface area contributed by atoms with E-state index < -0.39 is 0 Å². The predicted molar refractivity (Wildman–Crippen MR) is 64.6 cm³/mol. The Labute approximate surface area is 98.8 Å². The fourth-order valence-electron chi connectivity index (χ4n) is 1.27. The summed E-state index contributed by atoms with van der Waals surface area (Å²) < 4.78 is 1.39. The maximum atomic E-state index is 11.5. The van der Waals surface area contributed by atoms with E-state index in [4.69, 9.17) is 0 Å². The van der Waals surface area contributed by atoms with Gasteiger partial charge in [-0.2, -0.15) is 0 Å². The number of carbonyl (C=O) groups is 1. The zero-order valence-electron chi connectivity index (χ0n) is 9.37. The van der Waals surface area contributed by atoms with Crippen molar-refractivity contribution in [2.75, 3.05) is 5.43 Å². The van der Waals surface area contributed by atoms with Crippen molar-refractivity contribution < 1.29 is 4.79 Å².